The lowest BCUT2D eigenvalue weighted by Gasteiger charge is -2.01. The summed E-state index contributed by atoms with van der Waals surface area (Å²) in [4.78, 5) is 0. The van der Waals surface area contributed by atoms with E-state index in [1.54, 1.807) is 12.1 Å². The summed E-state index contributed by atoms with van der Waals surface area (Å²) >= 11 is 0. The zero-order valence-electron chi connectivity index (χ0n) is 9.02. The number of hydrogen-bond acceptors (Lipinski definition) is 2. The molecule has 5 rings (SSSR count). The van der Waals surface area contributed by atoms with E-state index in [4.69, 9.17) is 10.9 Å². The number of amidine groups is 1. The highest BCUT2D eigenvalue weighted by molar-refractivity contribution is 6.07. The Bertz CT molecular complexity index is 607. The molecule has 17 heavy (non-hydrogen) atoms. The first-order valence-electron chi connectivity index (χ1n) is 5.68. The van der Waals surface area contributed by atoms with E-state index in [2.05, 4.69) is 5.16 Å². The van der Waals surface area contributed by atoms with Gasteiger partial charge in [-0.15, -0.1) is 0 Å². The van der Waals surface area contributed by atoms with Crippen LogP contribution in [0.1, 0.15) is 12.0 Å². The molecule has 0 aliphatic heterocycles. The van der Waals surface area contributed by atoms with Crippen LogP contribution in [0.15, 0.2) is 35.0 Å². The summed E-state index contributed by atoms with van der Waals surface area (Å²) in [6, 6.07) is 6.65. The van der Waals surface area contributed by atoms with Crippen molar-refractivity contribution in [2.75, 3.05) is 0 Å². The molecule has 4 aliphatic carbocycles. The molecule has 0 amide bonds. The fraction of sp³-hybridized carbons (Fsp3) is 0.308. The topological polar surface area (TPSA) is 58.6 Å². The fourth-order valence-electron chi connectivity index (χ4n) is 3.70. The minimum absolute atomic E-state index is 0.142. The van der Waals surface area contributed by atoms with Crippen LogP contribution >= 0.6 is 0 Å². The molecule has 3 N–H and O–H groups in total. The molecule has 86 valence electrons. The van der Waals surface area contributed by atoms with Crippen LogP contribution in [0.4, 0.5) is 4.39 Å². The molecule has 3 atom stereocenters. The summed E-state index contributed by atoms with van der Waals surface area (Å²) in [7, 11) is 0. The second-order valence-electron chi connectivity index (χ2n) is 5.05. The minimum atomic E-state index is -0.215. The largest absolute Gasteiger partial charge is 0.409 e. The van der Waals surface area contributed by atoms with Crippen molar-refractivity contribution in [3.05, 3.63) is 41.2 Å². The number of benzene rings is 1. The Labute approximate surface area is 97.4 Å². The van der Waals surface area contributed by atoms with Crippen molar-refractivity contribution in [1.82, 2.24) is 0 Å². The lowest BCUT2D eigenvalue weighted by Crippen LogP contribution is -2.21. The first kappa shape index (κ1) is 9.22. The van der Waals surface area contributed by atoms with Crippen LogP contribution < -0.4 is 5.73 Å². The van der Waals surface area contributed by atoms with Crippen molar-refractivity contribution in [2.24, 2.45) is 28.1 Å². The van der Waals surface area contributed by atoms with Gasteiger partial charge in [-0.2, -0.15) is 0 Å². The van der Waals surface area contributed by atoms with Crippen molar-refractivity contribution in [3.63, 3.8) is 0 Å². The Morgan fingerprint density at radius 3 is 3.00 bits per heavy atom. The Morgan fingerprint density at radius 2 is 2.35 bits per heavy atom. The molecule has 2 fully saturated rings. The van der Waals surface area contributed by atoms with E-state index in [-0.39, 0.29) is 11.2 Å². The van der Waals surface area contributed by atoms with Gasteiger partial charge in [-0.05, 0) is 41.2 Å². The zero-order valence-corrected chi connectivity index (χ0v) is 9.02. The van der Waals surface area contributed by atoms with Gasteiger partial charge in [-0.25, -0.2) is 4.39 Å². The molecule has 0 radical (unpaired) electrons. The summed E-state index contributed by atoms with van der Waals surface area (Å²) in [5.41, 5.74) is 9.00. The number of nitrogens with two attached hydrogens (primary N) is 1. The van der Waals surface area contributed by atoms with E-state index in [0.29, 0.717) is 17.7 Å². The summed E-state index contributed by atoms with van der Waals surface area (Å²) < 4.78 is 13.2. The maximum atomic E-state index is 13.2. The lowest BCUT2D eigenvalue weighted by atomic mass is 10.1. The maximum absolute atomic E-state index is 13.2. The Hall–Kier alpha value is -1.84. The van der Waals surface area contributed by atoms with E-state index in [1.807, 2.05) is 6.07 Å². The maximum Gasteiger partial charge on any atom is 0.150 e. The number of allylic oxidation sites excluding steroid dienone is 1. The van der Waals surface area contributed by atoms with E-state index < -0.39 is 0 Å². The number of fused-ring (bicyclic) bond motifs is 1. The molecular formula is C13H11FN2O. The number of nitrogens with zero attached hydrogens (tertiary/aromatic N) is 1. The van der Waals surface area contributed by atoms with Crippen LogP contribution in [0.5, 0.6) is 0 Å². The van der Waals surface area contributed by atoms with Crippen LogP contribution in [0.2, 0.25) is 0 Å². The van der Waals surface area contributed by atoms with Crippen molar-refractivity contribution in [2.45, 2.75) is 6.42 Å². The molecule has 4 aliphatic rings. The third-order valence-corrected chi connectivity index (χ3v) is 4.50. The first-order valence-corrected chi connectivity index (χ1v) is 5.68. The highest BCUT2D eigenvalue weighted by atomic mass is 19.1. The monoisotopic (exact) mass is 230 g/mol. The third kappa shape index (κ3) is 0.832. The average Bonchev–Trinajstić information content (AvgIpc) is 3.07. The third-order valence-electron chi connectivity index (χ3n) is 4.50. The van der Waals surface area contributed by atoms with Gasteiger partial charge in [0.05, 0.1) is 5.41 Å². The molecule has 4 heteroatoms. The molecule has 0 aromatic heterocycles. The van der Waals surface area contributed by atoms with E-state index in [0.717, 1.165) is 12.0 Å². The van der Waals surface area contributed by atoms with E-state index in [9.17, 15) is 4.39 Å². The second kappa shape index (κ2) is 2.53. The van der Waals surface area contributed by atoms with Gasteiger partial charge in [-0.1, -0.05) is 17.3 Å². The number of rotatable bonds is 2. The molecule has 0 unspecified atom stereocenters. The molecule has 1 aromatic rings. The van der Waals surface area contributed by atoms with Gasteiger partial charge in [0.25, 0.3) is 0 Å². The predicted molar refractivity (Wildman–Crippen MR) is 60.8 cm³/mol. The van der Waals surface area contributed by atoms with Crippen molar-refractivity contribution in [1.29, 1.82) is 0 Å². The van der Waals surface area contributed by atoms with Crippen molar-refractivity contribution in [3.8, 4) is 0 Å². The summed E-state index contributed by atoms with van der Waals surface area (Å²) in [6.07, 6.45) is 0.930. The van der Waals surface area contributed by atoms with Gasteiger partial charge in [0.15, 0.2) is 0 Å². The SMILES string of the molecule is N/C(=N\O)[C@]12C3=C(c4cccc(F)c4)C[C@@H]1[C@H]32. The van der Waals surface area contributed by atoms with Gasteiger partial charge in [0.2, 0.25) is 0 Å². The molecule has 0 spiro atoms. The van der Waals surface area contributed by atoms with Crippen LogP contribution in [-0.4, -0.2) is 11.0 Å². The van der Waals surface area contributed by atoms with Crippen LogP contribution in [-0.2, 0) is 0 Å². The highest BCUT2D eigenvalue weighted by Gasteiger charge is 2.89. The molecule has 1 aromatic carbocycles. The Morgan fingerprint density at radius 1 is 1.53 bits per heavy atom. The number of halogens is 1. The average molecular weight is 230 g/mol. The minimum Gasteiger partial charge on any atom is -0.409 e. The number of oxime groups is 1. The van der Waals surface area contributed by atoms with E-state index >= 15 is 0 Å². The summed E-state index contributed by atoms with van der Waals surface area (Å²) in [6.45, 7) is 0. The second-order valence-corrected chi connectivity index (χ2v) is 5.05. The van der Waals surface area contributed by atoms with Gasteiger partial charge in [-0.3, -0.25) is 0 Å². The molecule has 2 bridgehead atoms. The summed E-state index contributed by atoms with van der Waals surface area (Å²) in [5.74, 6) is 1.07. The highest BCUT2D eigenvalue weighted by Crippen LogP contribution is 2.91. The van der Waals surface area contributed by atoms with Crippen LogP contribution in [0, 0.1) is 23.1 Å². The number of hydrogen-bond donors (Lipinski definition) is 2. The Balaban J connectivity index is 1.79. The smallest absolute Gasteiger partial charge is 0.150 e. The molecule has 0 saturated heterocycles. The normalized spacial score (nSPS) is 37.1. The quantitative estimate of drug-likeness (QED) is 0.353. The fourth-order valence-corrected chi connectivity index (χ4v) is 3.70. The summed E-state index contributed by atoms with van der Waals surface area (Å²) in [5, 5.41) is 11.9. The van der Waals surface area contributed by atoms with Gasteiger partial charge in [0, 0.05) is 5.92 Å². The molecule has 0 heterocycles. The van der Waals surface area contributed by atoms with Crippen LogP contribution in [0.25, 0.3) is 5.57 Å². The standard InChI is InChI=1S/C13H11FN2O/c14-7-3-1-2-6(4-7)8-5-9-11-10(8)13(9,11)12(15)16-17/h1-4,9,11,17H,5H2,(H2,15,16)/t9-,11-,13+/m1/s1. The first-order chi connectivity index (χ1) is 8.21. The van der Waals surface area contributed by atoms with Gasteiger partial charge in [0.1, 0.15) is 11.7 Å². The lowest BCUT2D eigenvalue weighted by molar-refractivity contribution is 0.315. The predicted octanol–water partition coefficient (Wildman–Crippen LogP) is 1.98. The van der Waals surface area contributed by atoms with Gasteiger partial charge >= 0.3 is 0 Å². The van der Waals surface area contributed by atoms with Crippen LogP contribution in [0.3, 0.4) is 0 Å². The molecule has 2 saturated carbocycles. The zero-order chi connectivity index (χ0) is 11.8. The van der Waals surface area contributed by atoms with Gasteiger partial charge < -0.3 is 10.9 Å². The van der Waals surface area contributed by atoms with Crippen molar-refractivity contribution >= 4 is 11.4 Å². The molecule has 3 nitrogen and oxygen atoms in total. The van der Waals surface area contributed by atoms with E-state index in [1.165, 1.54) is 17.2 Å². The Kier molecular flexibility index (Phi) is 1.37. The van der Waals surface area contributed by atoms with Crippen molar-refractivity contribution < 1.29 is 9.60 Å². The molecular weight excluding hydrogens is 219 g/mol.